The Morgan fingerprint density at radius 3 is 2.29 bits per heavy atom. The summed E-state index contributed by atoms with van der Waals surface area (Å²) in [5, 5.41) is 0. The molecule has 1 aromatic heterocycles. The molecule has 0 aromatic carbocycles. The lowest BCUT2D eigenvalue weighted by molar-refractivity contribution is -0.697. The number of nitrogens with zero attached hydrogens (tertiary/aromatic N) is 1. The van der Waals surface area contributed by atoms with E-state index in [9.17, 15) is 0 Å². The second-order valence-corrected chi connectivity index (χ2v) is 3.67. The molecule has 14 heavy (non-hydrogen) atoms. The van der Waals surface area contributed by atoms with Gasteiger partial charge in [0, 0.05) is 18.6 Å². The Kier molecular flexibility index (Phi) is 7.70. The van der Waals surface area contributed by atoms with Crippen LogP contribution in [0.3, 0.4) is 0 Å². The summed E-state index contributed by atoms with van der Waals surface area (Å²) >= 11 is 0. The molecule has 1 nitrogen and oxygen atoms in total. The van der Waals surface area contributed by atoms with Crippen LogP contribution in [0.25, 0.3) is 0 Å². The van der Waals surface area contributed by atoms with E-state index in [2.05, 4.69) is 42.9 Å². The third-order valence-corrected chi connectivity index (χ3v) is 2.33. The molecule has 0 aliphatic carbocycles. The molecule has 0 saturated heterocycles. The zero-order chi connectivity index (χ0) is 9.52. The van der Waals surface area contributed by atoms with Gasteiger partial charge in [-0.05, 0) is 18.9 Å². The predicted molar refractivity (Wildman–Crippen MR) is 66.6 cm³/mol. The Bertz CT molecular complexity index is 231. The maximum atomic E-state index is 2.27. The van der Waals surface area contributed by atoms with Gasteiger partial charge in [-0.1, -0.05) is 19.8 Å². The van der Waals surface area contributed by atoms with E-state index in [0.29, 0.717) is 0 Å². The van der Waals surface area contributed by atoms with Crippen molar-refractivity contribution < 1.29 is 4.57 Å². The first-order chi connectivity index (χ1) is 6.33. The van der Waals surface area contributed by atoms with Gasteiger partial charge in [0.25, 0.3) is 0 Å². The van der Waals surface area contributed by atoms with Crippen LogP contribution < -0.4 is 4.57 Å². The topological polar surface area (TPSA) is 3.88 Å². The molecule has 1 heterocycles. The van der Waals surface area contributed by atoms with Crippen molar-refractivity contribution in [3.63, 3.8) is 0 Å². The van der Waals surface area contributed by atoms with Gasteiger partial charge in [0.2, 0.25) is 0 Å². The summed E-state index contributed by atoms with van der Waals surface area (Å²) in [6, 6.07) is 4.33. The maximum absolute atomic E-state index is 2.27. The molecule has 0 saturated carbocycles. The summed E-state index contributed by atoms with van der Waals surface area (Å²) in [6.45, 7) is 5.54. The molecule has 0 aliphatic rings. The van der Waals surface area contributed by atoms with Crippen molar-refractivity contribution in [3.05, 3.63) is 30.1 Å². The van der Waals surface area contributed by atoms with Gasteiger partial charge >= 0.3 is 0 Å². The molecular weight excluding hydrogens is 189 g/mol. The van der Waals surface area contributed by atoms with Gasteiger partial charge in [-0.2, -0.15) is 9.90 Å². The minimum atomic E-state index is 0. The quantitative estimate of drug-likeness (QED) is 0.401. The second-order valence-electron chi connectivity index (χ2n) is 3.67. The van der Waals surface area contributed by atoms with Gasteiger partial charge in [0.05, 0.1) is 0 Å². The van der Waals surface area contributed by atoms with Crippen molar-refractivity contribution in [1.29, 1.82) is 0 Å². The molecule has 1 aromatic rings. The number of hydrogen-bond donors (Lipinski definition) is 0. The third kappa shape index (κ3) is 5.34. The van der Waals surface area contributed by atoms with Crippen LogP contribution in [0.15, 0.2) is 24.5 Å². The summed E-state index contributed by atoms with van der Waals surface area (Å²) in [7, 11) is 0. The smallest absolute Gasteiger partial charge is 0.169 e. The van der Waals surface area contributed by atoms with Crippen LogP contribution in [-0.4, -0.2) is 0 Å². The van der Waals surface area contributed by atoms with E-state index in [0.717, 1.165) is 0 Å². The van der Waals surface area contributed by atoms with Crippen molar-refractivity contribution in [2.24, 2.45) is 0 Å². The van der Waals surface area contributed by atoms with Gasteiger partial charge in [-0.3, -0.25) is 0 Å². The van der Waals surface area contributed by atoms with Crippen LogP contribution in [0.4, 0.5) is 0 Å². The Hall–Kier alpha value is -0.420. The molecular formula is C12H23NP+. The van der Waals surface area contributed by atoms with E-state index in [1.54, 1.807) is 0 Å². The SMILES string of the molecule is CCCCCC[n+]1ccc(C)cc1.P. The van der Waals surface area contributed by atoms with E-state index < -0.39 is 0 Å². The summed E-state index contributed by atoms with van der Waals surface area (Å²) in [5.41, 5.74) is 1.34. The Morgan fingerprint density at radius 2 is 1.71 bits per heavy atom. The number of pyridine rings is 1. The average Bonchev–Trinajstić information content (AvgIpc) is 2.15. The molecule has 2 heteroatoms. The monoisotopic (exact) mass is 212 g/mol. The fourth-order valence-electron chi connectivity index (χ4n) is 1.40. The lowest BCUT2D eigenvalue weighted by Gasteiger charge is -1.97. The van der Waals surface area contributed by atoms with E-state index in [1.165, 1.54) is 37.8 Å². The average molecular weight is 212 g/mol. The Morgan fingerprint density at radius 1 is 1.07 bits per heavy atom. The van der Waals surface area contributed by atoms with E-state index in [4.69, 9.17) is 0 Å². The minimum Gasteiger partial charge on any atom is -0.205 e. The van der Waals surface area contributed by atoms with Crippen molar-refractivity contribution in [2.75, 3.05) is 0 Å². The van der Waals surface area contributed by atoms with Gasteiger partial charge in [0.1, 0.15) is 6.54 Å². The zero-order valence-electron chi connectivity index (χ0n) is 9.50. The molecule has 1 rings (SSSR count). The zero-order valence-corrected chi connectivity index (χ0v) is 10.9. The number of rotatable bonds is 5. The third-order valence-electron chi connectivity index (χ3n) is 2.33. The highest BCUT2D eigenvalue weighted by Gasteiger charge is 1.97. The molecule has 0 aliphatic heterocycles. The minimum absolute atomic E-state index is 0. The van der Waals surface area contributed by atoms with E-state index in [1.807, 2.05) is 0 Å². The molecule has 0 bridgehead atoms. The lowest BCUT2D eigenvalue weighted by Crippen LogP contribution is -2.32. The summed E-state index contributed by atoms with van der Waals surface area (Å²) in [4.78, 5) is 0. The normalized spacial score (nSPS) is 9.57. The van der Waals surface area contributed by atoms with Gasteiger partial charge in [-0.25, -0.2) is 4.57 Å². The molecule has 1 unspecified atom stereocenters. The molecule has 0 spiro atoms. The highest BCUT2D eigenvalue weighted by molar-refractivity contribution is 6.92. The lowest BCUT2D eigenvalue weighted by atomic mass is 10.2. The molecule has 0 N–H and O–H groups in total. The highest BCUT2D eigenvalue weighted by Crippen LogP contribution is 1.98. The molecule has 0 fully saturated rings. The van der Waals surface area contributed by atoms with Crippen LogP contribution in [0, 0.1) is 6.92 Å². The van der Waals surface area contributed by atoms with Crippen LogP contribution in [0.2, 0.25) is 0 Å². The van der Waals surface area contributed by atoms with Crippen LogP contribution in [0.1, 0.15) is 38.2 Å². The Labute approximate surface area is 91.2 Å². The predicted octanol–water partition coefficient (Wildman–Crippen LogP) is 2.92. The second kappa shape index (κ2) is 7.94. The van der Waals surface area contributed by atoms with Crippen molar-refractivity contribution >= 4 is 9.90 Å². The first-order valence-electron chi connectivity index (χ1n) is 5.28. The summed E-state index contributed by atoms with van der Waals surface area (Å²) in [6.07, 6.45) is 9.69. The van der Waals surface area contributed by atoms with Crippen molar-refractivity contribution in [1.82, 2.24) is 0 Å². The van der Waals surface area contributed by atoms with Gasteiger partial charge in [-0.15, -0.1) is 0 Å². The fraction of sp³-hybridized carbons (Fsp3) is 0.583. The van der Waals surface area contributed by atoms with Crippen molar-refractivity contribution in [3.8, 4) is 0 Å². The number of aryl methyl sites for hydroxylation is 2. The number of aromatic nitrogens is 1. The summed E-state index contributed by atoms with van der Waals surface area (Å²) < 4.78 is 2.27. The van der Waals surface area contributed by atoms with Gasteiger partial charge < -0.3 is 0 Å². The van der Waals surface area contributed by atoms with Crippen LogP contribution in [0.5, 0.6) is 0 Å². The molecule has 80 valence electrons. The first-order valence-corrected chi connectivity index (χ1v) is 5.28. The van der Waals surface area contributed by atoms with E-state index >= 15 is 0 Å². The molecule has 1 atom stereocenters. The molecule has 0 amide bonds. The summed E-state index contributed by atoms with van der Waals surface area (Å²) in [5.74, 6) is 0. The van der Waals surface area contributed by atoms with E-state index in [-0.39, 0.29) is 9.90 Å². The maximum Gasteiger partial charge on any atom is 0.169 e. The Balaban J connectivity index is 0.00000169. The molecule has 0 radical (unpaired) electrons. The van der Waals surface area contributed by atoms with Crippen molar-refractivity contribution in [2.45, 2.75) is 46.1 Å². The highest BCUT2D eigenvalue weighted by atomic mass is 31.0. The van der Waals surface area contributed by atoms with Gasteiger partial charge in [0.15, 0.2) is 12.4 Å². The fourth-order valence-corrected chi connectivity index (χ4v) is 1.40. The first kappa shape index (κ1) is 13.6. The largest absolute Gasteiger partial charge is 0.205 e. The standard InChI is InChI=1S/C12H20N.H3P/c1-3-4-5-6-9-13-10-7-12(2)8-11-13;/h7-8,10-11H,3-6,9H2,1-2H3;1H3/q+1;. The number of unbranched alkanes of at least 4 members (excludes halogenated alkanes) is 3. The van der Waals surface area contributed by atoms with Crippen LogP contribution >= 0.6 is 9.90 Å². The number of hydrogen-bond acceptors (Lipinski definition) is 0. The van der Waals surface area contributed by atoms with Crippen LogP contribution in [-0.2, 0) is 6.54 Å².